The van der Waals surface area contributed by atoms with E-state index in [9.17, 15) is 14.4 Å². The van der Waals surface area contributed by atoms with E-state index in [4.69, 9.17) is 0 Å². The van der Waals surface area contributed by atoms with Crippen LogP contribution in [-0.4, -0.2) is 24.0 Å². The van der Waals surface area contributed by atoms with Gasteiger partial charge in [0.25, 0.3) is 11.7 Å². The van der Waals surface area contributed by atoms with Gasteiger partial charge in [-0.05, 0) is 25.5 Å². The number of benzene rings is 1. The number of aryl methyl sites for hydroxylation is 1. The molecule has 0 aromatic heterocycles. The van der Waals surface area contributed by atoms with Gasteiger partial charge in [0.2, 0.25) is 0 Å². The molecule has 0 radical (unpaired) electrons. The van der Waals surface area contributed by atoms with E-state index in [1.165, 1.54) is 4.90 Å². The lowest BCUT2D eigenvalue weighted by atomic mass is 10.1. The fraction of sp³-hybridized carbons (Fsp3) is 0.400. The van der Waals surface area contributed by atoms with Crippen LogP contribution >= 0.6 is 0 Å². The van der Waals surface area contributed by atoms with Crippen LogP contribution in [0, 0.1) is 6.92 Å². The van der Waals surface area contributed by atoms with Gasteiger partial charge in [0.1, 0.15) is 5.78 Å². The first-order chi connectivity index (χ1) is 9.04. The largest absolute Gasteiger partial charge is 0.305 e. The lowest BCUT2D eigenvalue weighted by Crippen LogP contribution is -2.30. The van der Waals surface area contributed by atoms with E-state index in [1.54, 1.807) is 12.1 Å². The molecule has 0 bridgehead atoms. The number of carbonyl (C=O) groups excluding carboxylic acids is 3. The van der Waals surface area contributed by atoms with Gasteiger partial charge in [-0.3, -0.25) is 14.4 Å². The van der Waals surface area contributed by atoms with Gasteiger partial charge in [0.05, 0.1) is 11.3 Å². The number of amides is 1. The van der Waals surface area contributed by atoms with Crippen molar-refractivity contribution in [3.05, 3.63) is 29.3 Å². The number of nitrogens with zero attached hydrogens (tertiary/aromatic N) is 1. The first kappa shape index (κ1) is 13.5. The Labute approximate surface area is 112 Å². The molecule has 4 nitrogen and oxygen atoms in total. The second-order valence-corrected chi connectivity index (χ2v) is 4.80. The lowest BCUT2D eigenvalue weighted by Gasteiger charge is -2.16. The van der Waals surface area contributed by atoms with Gasteiger partial charge < -0.3 is 4.90 Å². The number of ketones is 2. The van der Waals surface area contributed by atoms with Gasteiger partial charge in [-0.1, -0.05) is 18.6 Å². The molecule has 2 rings (SSSR count). The van der Waals surface area contributed by atoms with Gasteiger partial charge >= 0.3 is 0 Å². The summed E-state index contributed by atoms with van der Waals surface area (Å²) in [6, 6.07) is 5.43. The van der Waals surface area contributed by atoms with Gasteiger partial charge in [-0.25, -0.2) is 0 Å². The SMILES string of the molecule is CCC(=O)CCCN1C(=O)C(=O)c2cc(C)ccc21. The minimum absolute atomic E-state index is 0.183. The Morgan fingerprint density at radius 1 is 1.26 bits per heavy atom. The average molecular weight is 259 g/mol. The number of carbonyl (C=O) groups is 3. The summed E-state index contributed by atoms with van der Waals surface area (Å²) < 4.78 is 0. The van der Waals surface area contributed by atoms with Crippen LogP contribution in [-0.2, 0) is 9.59 Å². The van der Waals surface area contributed by atoms with E-state index >= 15 is 0 Å². The maximum atomic E-state index is 11.9. The standard InChI is InChI=1S/C15H17NO3/c1-3-11(17)5-4-8-16-13-7-6-10(2)9-12(13)14(18)15(16)19/h6-7,9H,3-5,8H2,1-2H3. The Morgan fingerprint density at radius 3 is 2.68 bits per heavy atom. The molecular formula is C15H17NO3. The Kier molecular flexibility index (Phi) is 3.79. The maximum Gasteiger partial charge on any atom is 0.299 e. The van der Waals surface area contributed by atoms with Crippen molar-refractivity contribution in [2.45, 2.75) is 33.1 Å². The Bertz CT molecular complexity index is 548. The predicted molar refractivity (Wildman–Crippen MR) is 72.4 cm³/mol. The Hall–Kier alpha value is -1.97. The molecule has 0 saturated carbocycles. The van der Waals surface area contributed by atoms with Gasteiger partial charge in [-0.15, -0.1) is 0 Å². The van der Waals surface area contributed by atoms with Crippen LogP contribution in [0.5, 0.6) is 0 Å². The highest BCUT2D eigenvalue weighted by Gasteiger charge is 2.35. The highest BCUT2D eigenvalue weighted by atomic mass is 16.2. The predicted octanol–water partition coefficient (Wildman–Crippen LogP) is 2.28. The third-order valence-corrected chi connectivity index (χ3v) is 3.36. The molecule has 19 heavy (non-hydrogen) atoms. The van der Waals surface area contributed by atoms with Crippen LogP contribution in [0.2, 0.25) is 0 Å². The molecule has 0 atom stereocenters. The molecule has 0 N–H and O–H groups in total. The van der Waals surface area contributed by atoms with Crippen molar-refractivity contribution in [2.75, 3.05) is 11.4 Å². The molecule has 1 aromatic rings. The summed E-state index contributed by atoms with van der Waals surface area (Å²) in [6.45, 7) is 4.14. The highest BCUT2D eigenvalue weighted by Crippen LogP contribution is 2.29. The van der Waals surface area contributed by atoms with E-state index in [0.717, 1.165) is 5.56 Å². The molecule has 100 valence electrons. The summed E-state index contributed by atoms with van der Waals surface area (Å²) in [7, 11) is 0. The molecule has 1 aliphatic heterocycles. The number of hydrogen-bond donors (Lipinski definition) is 0. The zero-order valence-corrected chi connectivity index (χ0v) is 11.2. The van der Waals surface area contributed by atoms with Crippen molar-refractivity contribution in [3.8, 4) is 0 Å². The number of Topliss-reactive ketones (excluding diaryl/α,β-unsaturated/α-hetero) is 2. The van der Waals surface area contributed by atoms with Crippen molar-refractivity contribution < 1.29 is 14.4 Å². The molecule has 1 amide bonds. The van der Waals surface area contributed by atoms with Gasteiger partial charge in [-0.2, -0.15) is 0 Å². The van der Waals surface area contributed by atoms with Crippen LogP contribution in [0.15, 0.2) is 18.2 Å². The van der Waals surface area contributed by atoms with E-state index in [0.29, 0.717) is 37.1 Å². The van der Waals surface area contributed by atoms with Crippen LogP contribution in [0.1, 0.15) is 42.1 Å². The summed E-state index contributed by atoms with van der Waals surface area (Å²) in [5.41, 5.74) is 2.11. The Balaban J connectivity index is 2.13. The van der Waals surface area contributed by atoms with E-state index in [2.05, 4.69) is 0 Å². The highest BCUT2D eigenvalue weighted by molar-refractivity contribution is 6.52. The molecule has 1 aliphatic rings. The topological polar surface area (TPSA) is 54.5 Å². The van der Waals surface area contributed by atoms with E-state index in [1.807, 2.05) is 19.9 Å². The van der Waals surface area contributed by atoms with Gasteiger partial charge in [0.15, 0.2) is 0 Å². The molecular weight excluding hydrogens is 242 g/mol. The zero-order valence-electron chi connectivity index (χ0n) is 11.2. The van der Waals surface area contributed by atoms with Crippen molar-refractivity contribution >= 4 is 23.2 Å². The smallest absolute Gasteiger partial charge is 0.299 e. The second kappa shape index (κ2) is 5.34. The van der Waals surface area contributed by atoms with E-state index < -0.39 is 11.7 Å². The monoisotopic (exact) mass is 259 g/mol. The molecule has 0 saturated heterocycles. The first-order valence-corrected chi connectivity index (χ1v) is 6.53. The normalized spacial score (nSPS) is 13.9. The Morgan fingerprint density at radius 2 is 2.00 bits per heavy atom. The average Bonchev–Trinajstić information content (AvgIpc) is 2.63. The molecule has 4 heteroatoms. The summed E-state index contributed by atoms with van der Waals surface area (Å²) in [4.78, 5) is 36.5. The summed E-state index contributed by atoms with van der Waals surface area (Å²) in [5.74, 6) is -0.743. The van der Waals surface area contributed by atoms with Crippen molar-refractivity contribution in [1.29, 1.82) is 0 Å². The number of hydrogen-bond acceptors (Lipinski definition) is 3. The fourth-order valence-corrected chi connectivity index (χ4v) is 2.25. The van der Waals surface area contributed by atoms with Crippen molar-refractivity contribution in [2.24, 2.45) is 0 Å². The lowest BCUT2D eigenvalue weighted by molar-refractivity contribution is -0.119. The minimum Gasteiger partial charge on any atom is -0.305 e. The van der Waals surface area contributed by atoms with Crippen molar-refractivity contribution in [1.82, 2.24) is 0 Å². The van der Waals surface area contributed by atoms with Crippen LogP contribution in [0.4, 0.5) is 5.69 Å². The molecule has 1 aromatic carbocycles. The minimum atomic E-state index is -0.482. The molecule has 0 unspecified atom stereocenters. The first-order valence-electron chi connectivity index (χ1n) is 6.53. The number of anilines is 1. The van der Waals surface area contributed by atoms with Crippen LogP contribution < -0.4 is 4.90 Å². The molecule has 1 heterocycles. The fourth-order valence-electron chi connectivity index (χ4n) is 2.25. The molecule has 0 aliphatic carbocycles. The molecule has 0 fully saturated rings. The summed E-state index contributed by atoms with van der Waals surface area (Å²) >= 11 is 0. The second-order valence-electron chi connectivity index (χ2n) is 4.80. The zero-order chi connectivity index (χ0) is 14.0. The number of fused-ring (bicyclic) bond motifs is 1. The van der Waals surface area contributed by atoms with Gasteiger partial charge in [0, 0.05) is 19.4 Å². The number of rotatable bonds is 5. The van der Waals surface area contributed by atoms with Crippen LogP contribution in [0.25, 0.3) is 0 Å². The van der Waals surface area contributed by atoms with Crippen molar-refractivity contribution in [3.63, 3.8) is 0 Å². The third-order valence-electron chi connectivity index (χ3n) is 3.36. The quantitative estimate of drug-likeness (QED) is 0.762. The van der Waals surface area contributed by atoms with Crippen LogP contribution in [0.3, 0.4) is 0 Å². The maximum absolute atomic E-state index is 11.9. The molecule has 0 spiro atoms. The summed E-state index contributed by atoms with van der Waals surface area (Å²) in [5, 5.41) is 0. The third kappa shape index (κ3) is 2.57. The van der Waals surface area contributed by atoms with E-state index in [-0.39, 0.29) is 5.78 Å². The summed E-state index contributed by atoms with van der Waals surface area (Å²) in [6.07, 6.45) is 1.57.